The van der Waals surface area contributed by atoms with Gasteiger partial charge in [0.25, 0.3) is 5.91 Å². The van der Waals surface area contributed by atoms with Crippen LogP contribution in [0.25, 0.3) is 0 Å². The fourth-order valence-corrected chi connectivity index (χ4v) is 1.61. The van der Waals surface area contributed by atoms with Crippen molar-refractivity contribution >= 4 is 5.91 Å². The standard InChI is InChI=1S/C13H19NO2/c1-3-5-11(4-2)14-13(16)10-6-8-12(15)9-7-10/h6-9,11,15H,3-5H2,1-2H3,(H,14,16). The van der Waals surface area contributed by atoms with Gasteiger partial charge in [0.1, 0.15) is 5.75 Å². The number of hydrogen-bond donors (Lipinski definition) is 2. The molecule has 3 heteroatoms. The van der Waals surface area contributed by atoms with Crippen LogP contribution in [0.15, 0.2) is 24.3 Å². The zero-order valence-electron chi connectivity index (χ0n) is 9.86. The first-order valence-corrected chi connectivity index (χ1v) is 5.77. The molecular formula is C13H19NO2. The van der Waals surface area contributed by atoms with E-state index in [9.17, 15) is 4.79 Å². The first-order chi connectivity index (χ1) is 7.67. The van der Waals surface area contributed by atoms with Crippen LogP contribution in [0.5, 0.6) is 5.75 Å². The largest absolute Gasteiger partial charge is 0.508 e. The van der Waals surface area contributed by atoms with Gasteiger partial charge in [-0.15, -0.1) is 0 Å². The average Bonchev–Trinajstić information content (AvgIpc) is 2.29. The molecule has 0 aromatic heterocycles. The molecule has 0 saturated heterocycles. The zero-order valence-corrected chi connectivity index (χ0v) is 9.86. The summed E-state index contributed by atoms with van der Waals surface area (Å²) in [6.07, 6.45) is 3.01. The van der Waals surface area contributed by atoms with Gasteiger partial charge in [-0.25, -0.2) is 0 Å². The second-order valence-electron chi connectivity index (χ2n) is 3.91. The van der Waals surface area contributed by atoms with Crippen molar-refractivity contribution in [1.29, 1.82) is 0 Å². The van der Waals surface area contributed by atoms with E-state index in [-0.39, 0.29) is 17.7 Å². The van der Waals surface area contributed by atoms with Crippen LogP contribution in [0.3, 0.4) is 0 Å². The molecule has 0 spiro atoms. The van der Waals surface area contributed by atoms with Crippen molar-refractivity contribution in [2.75, 3.05) is 0 Å². The average molecular weight is 221 g/mol. The Kier molecular flexibility index (Phi) is 4.83. The van der Waals surface area contributed by atoms with E-state index < -0.39 is 0 Å². The van der Waals surface area contributed by atoms with E-state index in [2.05, 4.69) is 19.2 Å². The van der Waals surface area contributed by atoms with Gasteiger partial charge >= 0.3 is 0 Å². The number of hydrogen-bond acceptors (Lipinski definition) is 2. The molecule has 2 N–H and O–H groups in total. The summed E-state index contributed by atoms with van der Waals surface area (Å²) in [6.45, 7) is 4.17. The smallest absolute Gasteiger partial charge is 0.251 e. The third-order valence-electron chi connectivity index (χ3n) is 2.59. The van der Waals surface area contributed by atoms with Gasteiger partial charge in [0.2, 0.25) is 0 Å². The highest BCUT2D eigenvalue weighted by Crippen LogP contribution is 2.10. The van der Waals surface area contributed by atoms with E-state index in [1.807, 2.05) is 0 Å². The molecule has 16 heavy (non-hydrogen) atoms. The molecule has 0 saturated carbocycles. The number of amides is 1. The van der Waals surface area contributed by atoms with Crippen molar-refractivity contribution in [2.24, 2.45) is 0 Å². The van der Waals surface area contributed by atoms with E-state index >= 15 is 0 Å². The lowest BCUT2D eigenvalue weighted by Crippen LogP contribution is -2.34. The van der Waals surface area contributed by atoms with Gasteiger partial charge in [-0.2, -0.15) is 0 Å². The van der Waals surface area contributed by atoms with E-state index in [0.29, 0.717) is 5.56 Å². The second kappa shape index (κ2) is 6.16. The first-order valence-electron chi connectivity index (χ1n) is 5.77. The van der Waals surface area contributed by atoms with Crippen LogP contribution < -0.4 is 5.32 Å². The van der Waals surface area contributed by atoms with Crippen molar-refractivity contribution in [2.45, 2.75) is 39.2 Å². The van der Waals surface area contributed by atoms with Gasteiger partial charge in [-0.1, -0.05) is 20.3 Å². The fourth-order valence-electron chi connectivity index (χ4n) is 1.61. The summed E-state index contributed by atoms with van der Waals surface area (Å²) in [5.74, 6) is 0.109. The molecule has 1 aromatic carbocycles. The van der Waals surface area contributed by atoms with Crippen LogP contribution in [0.1, 0.15) is 43.5 Å². The van der Waals surface area contributed by atoms with E-state index in [4.69, 9.17) is 5.11 Å². The Hall–Kier alpha value is -1.51. The number of carbonyl (C=O) groups excluding carboxylic acids is 1. The first kappa shape index (κ1) is 12.6. The van der Waals surface area contributed by atoms with Crippen LogP contribution >= 0.6 is 0 Å². The molecule has 1 unspecified atom stereocenters. The zero-order chi connectivity index (χ0) is 12.0. The van der Waals surface area contributed by atoms with Crippen LogP contribution in [-0.4, -0.2) is 17.1 Å². The van der Waals surface area contributed by atoms with Gasteiger partial charge in [-0.05, 0) is 37.1 Å². The summed E-state index contributed by atoms with van der Waals surface area (Å²) >= 11 is 0. The molecule has 1 amide bonds. The maximum absolute atomic E-state index is 11.8. The SMILES string of the molecule is CCCC(CC)NC(=O)c1ccc(O)cc1. The molecule has 0 aliphatic carbocycles. The van der Waals surface area contributed by atoms with E-state index in [1.54, 1.807) is 12.1 Å². The normalized spacial score (nSPS) is 12.1. The van der Waals surface area contributed by atoms with Gasteiger partial charge in [-0.3, -0.25) is 4.79 Å². The Bertz CT molecular complexity index is 332. The lowest BCUT2D eigenvalue weighted by atomic mass is 10.1. The third-order valence-corrected chi connectivity index (χ3v) is 2.59. The summed E-state index contributed by atoms with van der Waals surface area (Å²) in [6, 6.07) is 6.55. The van der Waals surface area contributed by atoms with Crippen molar-refractivity contribution in [3.63, 3.8) is 0 Å². The molecular weight excluding hydrogens is 202 g/mol. The summed E-state index contributed by atoms with van der Waals surface area (Å²) in [5.41, 5.74) is 0.590. The molecule has 3 nitrogen and oxygen atoms in total. The molecule has 0 heterocycles. The predicted molar refractivity (Wildman–Crippen MR) is 64.6 cm³/mol. The number of rotatable bonds is 5. The minimum absolute atomic E-state index is 0.0692. The molecule has 1 rings (SSSR count). The van der Waals surface area contributed by atoms with Crippen LogP contribution in [-0.2, 0) is 0 Å². The Morgan fingerprint density at radius 3 is 2.44 bits per heavy atom. The van der Waals surface area contributed by atoms with Crippen LogP contribution in [0.4, 0.5) is 0 Å². The molecule has 0 bridgehead atoms. The lowest BCUT2D eigenvalue weighted by molar-refractivity contribution is 0.0933. The highest BCUT2D eigenvalue weighted by Gasteiger charge is 2.10. The Balaban J connectivity index is 2.60. The Morgan fingerprint density at radius 2 is 1.94 bits per heavy atom. The van der Waals surface area contributed by atoms with Gasteiger partial charge in [0.05, 0.1) is 0 Å². The van der Waals surface area contributed by atoms with E-state index in [1.165, 1.54) is 12.1 Å². The summed E-state index contributed by atoms with van der Waals surface area (Å²) in [7, 11) is 0. The summed E-state index contributed by atoms with van der Waals surface area (Å²) in [4.78, 5) is 11.8. The summed E-state index contributed by atoms with van der Waals surface area (Å²) in [5, 5.41) is 12.1. The van der Waals surface area contributed by atoms with Crippen molar-refractivity contribution in [1.82, 2.24) is 5.32 Å². The minimum Gasteiger partial charge on any atom is -0.508 e. The highest BCUT2D eigenvalue weighted by atomic mass is 16.3. The molecule has 88 valence electrons. The molecule has 1 atom stereocenters. The van der Waals surface area contributed by atoms with E-state index in [0.717, 1.165) is 19.3 Å². The predicted octanol–water partition coefficient (Wildman–Crippen LogP) is 2.70. The number of aromatic hydroxyl groups is 1. The number of benzene rings is 1. The van der Waals surface area contributed by atoms with Crippen molar-refractivity contribution in [3.8, 4) is 5.75 Å². The topological polar surface area (TPSA) is 49.3 Å². The van der Waals surface area contributed by atoms with Crippen molar-refractivity contribution in [3.05, 3.63) is 29.8 Å². The highest BCUT2D eigenvalue weighted by molar-refractivity contribution is 5.94. The molecule has 0 radical (unpaired) electrons. The van der Waals surface area contributed by atoms with Gasteiger partial charge in [0, 0.05) is 11.6 Å². The van der Waals surface area contributed by atoms with Crippen LogP contribution in [0.2, 0.25) is 0 Å². The maximum atomic E-state index is 11.8. The van der Waals surface area contributed by atoms with Crippen molar-refractivity contribution < 1.29 is 9.90 Å². The fraction of sp³-hybridized carbons (Fsp3) is 0.462. The molecule has 0 fully saturated rings. The van der Waals surface area contributed by atoms with Crippen LogP contribution in [0, 0.1) is 0 Å². The Morgan fingerprint density at radius 1 is 1.31 bits per heavy atom. The minimum atomic E-state index is -0.0692. The van der Waals surface area contributed by atoms with Gasteiger partial charge < -0.3 is 10.4 Å². The van der Waals surface area contributed by atoms with Gasteiger partial charge in [0.15, 0.2) is 0 Å². The quantitative estimate of drug-likeness (QED) is 0.803. The molecule has 0 aliphatic rings. The third kappa shape index (κ3) is 3.57. The molecule has 1 aromatic rings. The second-order valence-corrected chi connectivity index (χ2v) is 3.91. The Labute approximate surface area is 96.5 Å². The maximum Gasteiger partial charge on any atom is 0.251 e. The number of phenolic OH excluding ortho intramolecular Hbond substituents is 1. The lowest BCUT2D eigenvalue weighted by Gasteiger charge is -2.15. The summed E-state index contributed by atoms with van der Waals surface area (Å²) < 4.78 is 0. The number of phenols is 1. The number of nitrogens with one attached hydrogen (secondary N) is 1. The molecule has 0 aliphatic heterocycles. The monoisotopic (exact) mass is 221 g/mol. The number of carbonyl (C=O) groups is 1.